The lowest BCUT2D eigenvalue weighted by molar-refractivity contribution is 1.12. The number of aromatic nitrogens is 2. The van der Waals surface area contributed by atoms with Crippen LogP contribution < -0.4 is 10.6 Å². The van der Waals surface area contributed by atoms with Gasteiger partial charge in [0.15, 0.2) is 0 Å². The zero-order valence-electron chi connectivity index (χ0n) is 14.6. The van der Waals surface area contributed by atoms with E-state index in [2.05, 4.69) is 59.2 Å². The molecule has 0 unspecified atom stereocenters. The molecule has 0 amide bonds. The van der Waals surface area contributed by atoms with E-state index in [1.54, 1.807) is 6.08 Å². The molecule has 0 aliphatic carbocycles. The minimum absolute atomic E-state index is 0.578. The molecule has 3 aromatic rings. The van der Waals surface area contributed by atoms with Crippen LogP contribution in [0.1, 0.15) is 11.1 Å². The van der Waals surface area contributed by atoms with Crippen LogP contribution in [0.3, 0.4) is 0 Å². The first-order valence-corrected chi connectivity index (χ1v) is 8.29. The van der Waals surface area contributed by atoms with Crippen molar-refractivity contribution in [3.05, 3.63) is 78.4 Å². The van der Waals surface area contributed by atoms with Gasteiger partial charge in [-0.2, -0.15) is 4.98 Å². The topological polar surface area (TPSA) is 49.8 Å². The molecule has 4 heteroatoms. The van der Waals surface area contributed by atoms with E-state index < -0.39 is 0 Å². The Labute approximate surface area is 148 Å². The van der Waals surface area contributed by atoms with E-state index in [0.29, 0.717) is 12.5 Å². The number of nitrogens with one attached hydrogen (secondary N) is 2. The molecule has 4 nitrogen and oxygen atoms in total. The number of benzene rings is 2. The Bertz CT molecular complexity index is 872. The molecule has 0 spiro atoms. The molecule has 0 aliphatic heterocycles. The maximum absolute atomic E-state index is 4.61. The monoisotopic (exact) mass is 330 g/mol. The summed E-state index contributed by atoms with van der Waals surface area (Å²) >= 11 is 0. The molecule has 0 saturated heterocycles. The third-order valence-electron chi connectivity index (χ3n) is 3.86. The second-order valence-electron chi connectivity index (χ2n) is 5.94. The van der Waals surface area contributed by atoms with E-state index in [0.717, 1.165) is 22.8 Å². The highest BCUT2D eigenvalue weighted by atomic mass is 15.1. The predicted molar refractivity (Wildman–Crippen MR) is 105 cm³/mol. The summed E-state index contributed by atoms with van der Waals surface area (Å²) in [7, 11) is 0. The second kappa shape index (κ2) is 7.62. The Hall–Kier alpha value is -3.14. The van der Waals surface area contributed by atoms with E-state index >= 15 is 0 Å². The van der Waals surface area contributed by atoms with Crippen molar-refractivity contribution >= 4 is 17.5 Å². The van der Waals surface area contributed by atoms with Crippen molar-refractivity contribution in [2.45, 2.75) is 13.8 Å². The fourth-order valence-electron chi connectivity index (χ4n) is 2.52. The Morgan fingerprint density at radius 3 is 2.56 bits per heavy atom. The standard InChI is InChI=1S/C21H22N4/c1-4-12-22-21-24-19(17-8-6-5-7-9-17)14-20(25-21)23-18-13-15(2)10-11-16(18)3/h4-11,13-14H,1,12H2,2-3H3,(H2,22,23,24,25). The molecule has 0 aliphatic rings. The number of hydrogen-bond donors (Lipinski definition) is 2. The van der Waals surface area contributed by atoms with Crippen LogP contribution in [0.25, 0.3) is 11.3 Å². The van der Waals surface area contributed by atoms with Gasteiger partial charge in [-0.15, -0.1) is 6.58 Å². The molecule has 0 saturated carbocycles. The number of rotatable bonds is 6. The fraction of sp³-hybridized carbons (Fsp3) is 0.143. The molecular formula is C21H22N4. The summed E-state index contributed by atoms with van der Waals surface area (Å²) < 4.78 is 0. The number of hydrogen-bond acceptors (Lipinski definition) is 4. The average molecular weight is 330 g/mol. The first kappa shape index (κ1) is 16.7. The van der Waals surface area contributed by atoms with Gasteiger partial charge in [0, 0.05) is 23.9 Å². The Morgan fingerprint density at radius 1 is 1.00 bits per heavy atom. The number of aryl methyl sites for hydroxylation is 2. The maximum Gasteiger partial charge on any atom is 0.225 e. The molecule has 0 radical (unpaired) electrons. The van der Waals surface area contributed by atoms with Crippen LogP contribution in [0, 0.1) is 13.8 Å². The van der Waals surface area contributed by atoms with Crippen molar-refractivity contribution in [1.82, 2.24) is 9.97 Å². The van der Waals surface area contributed by atoms with E-state index in [-0.39, 0.29) is 0 Å². The lowest BCUT2D eigenvalue weighted by Crippen LogP contribution is -2.06. The molecule has 25 heavy (non-hydrogen) atoms. The number of anilines is 3. The van der Waals surface area contributed by atoms with Gasteiger partial charge >= 0.3 is 0 Å². The highest BCUT2D eigenvalue weighted by Crippen LogP contribution is 2.25. The van der Waals surface area contributed by atoms with Gasteiger partial charge in [-0.25, -0.2) is 4.98 Å². The molecule has 1 heterocycles. The van der Waals surface area contributed by atoms with E-state index in [1.165, 1.54) is 11.1 Å². The predicted octanol–water partition coefficient (Wildman–Crippen LogP) is 5.10. The van der Waals surface area contributed by atoms with Crippen molar-refractivity contribution in [2.75, 3.05) is 17.2 Å². The largest absolute Gasteiger partial charge is 0.351 e. The van der Waals surface area contributed by atoms with Gasteiger partial charge in [0.25, 0.3) is 0 Å². The van der Waals surface area contributed by atoms with Crippen LogP contribution >= 0.6 is 0 Å². The van der Waals surface area contributed by atoms with Crippen molar-refractivity contribution in [3.63, 3.8) is 0 Å². The number of nitrogens with zero attached hydrogens (tertiary/aromatic N) is 2. The summed E-state index contributed by atoms with van der Waals surface area (Å²) in [6.07, 6.45) is 1.79. The summed E-state index contributed by atoms with van der Waals surface area (Å²) in [5, 5.41) is 6.60. The summed E-state index contributed by atoms with van der Waals surface area (Å²) in [6.45, 7) is 8.51. The third kappa shape index (κ3) is 4.23. The Morgan fingerprint density at radius 2 is 1.80 bits per heavy atom. The van der Waals surface area contributed by atoms with Gasteiger partial charge in [-0.1, -0.05) is 48.5 Å². The van der Waals surface area contributed by atoms with Gasteiger partial charge in [0.05, 0.1) is 5.69 Å². The highest BCUT2D eigenvalue weighted by Gasteiger charge is 2.08. The van der Waals surface area contributed by atoms with Crippen LogP contribution in [0.15, 0.2) is 67.3 Å². The van der Waals surface area contributed by atoms with Crippen LogP contribution in [0.2, 0.25) is 0 Å². The molecular weight excluding hydrogens is 308 g/mol. The molecule has 0 atom stereocenters. The minimum atomic E-state index is 0.578. The van der Waals surface area contributed by atoms with Crippen molar-refractivity contribution in [2.24, 2.45) is 0 Å². The molecule has 126 valence electrons. The zero-order valence-corrected chi connectivity index (χ0v) is 14.6. The van der Waals surface area contributed by atoms with E-state index in [4.69, 9.17) is 0 Å². The molecule has 2 aromatic carbocycles. The third-order valence-corrected chi connectivity index (χ3v) is 3.86. The quantitative estimate of drug-likeness (QED) is 0.617. The Kier molecular flexibility index (Phi) is 5.09. The van der Waals surface area contributed by atoms with Gasteiger partial charge in [0.2, 0.25) is 5.95 Å². The molecule has 2 N–H and O–H groups in total. The summed E-state index contributed by atoms with van der Waals surface area (Å²) in [5.41, 5.74) is 5.35. The van der Waals surface area contributed by atoms with Gasteiger partial charge in [-0.05, 0) is 31.0 Å². The average Bonchev–Trinajstić information content (AvgIpc) is 2.63. The van der Waals surface area contributed by atoms with Crippen LogP contribution in [0.4, 0.5) is 17.5 Å². The van der Waals surface area contributed by atoms with Gasteiger partial charge in [-0.3, -0.25) is 0 Å². The maximum atomic E-state index is 4.61. The SMILES string of the molecule is C=CCNc1nc(Nc2cc(C)ccc2C)cc(-c2ccccc2)n1. The van der Waals surface area contributed by atoms with Crippen LogP contribution in [-0.4, -0.2) is 16.5 Å². The normalized spacial score (nSPS) is 10.3. The van der Waals surface area contributed by atoms with E-state index in [1.807, 2.05) is 36.4 Å². The highest BCUT2D eigenvalue weighted by molar-refractivity contribution is 5.68. The fourth-order valence-corrected chi connectivity index (χ4v) is 2.52. The summed E-state index contributed by atoms with van der Waals surface area (Å²) in [5.74, 6) is 1.34. The first-order chi connectivity index (χ1) is 12.2. The zero-order chi connectivity index (χ0) is 17.6. The second-order valence-corrected chi connectivity index (χ2v) is 5.94. The summed E-state index contributed by atoms with van der Waals surface area (Å²) in [4.78, 5) is 9.19. The van der Waals surface area contributed by atoms with Gasteiger partial charge < -0.3 is 10.6 Å². The van der Waals surface area contributed by atoms with Crippen LogP contribution in [0.5, 0.6) is 0 Å². The van der Waals surface area contributed by atoms with E-state index in [9.17, 15) is 0 Å². The summed E-state index contributed by atoms with van der Waals surface area (Å²) in [6, 6.07) is 18.4. The Balaban J connectivity index is 1.99. The minimum Gasteiger partial charge on any atom is -0.351 e. The lowest BCUT2D eigenvalue weighted by Gasteiger charge is -2.13. The van der Waals surface area contributed by atoms with Crippen molar-refractivity contribution < 1.29 is 0 Å². The van der Waals surface area contributed by atoms with Crippen molar-refractivity contribution in [3.8, 4) is 11.3 Å². The smallest absolute Gasteiger partial charge is 0.225 e. The first-order valence-electron chi connectivity index (χ1n) is 8.29. The molecule has 1 aromatic heterocycles. The van der Waals surface area contributed by atoms with Crippen molar-refractivity contribution in [1.29, 1.82) is 0 Å². The molecule has 0 fully saturated rings. The van der Waals surface area contributed by atoms with Crippen LogP contribution in [-0.2, 0) is 0 Å². The molecule has 3 rings (SSSR count). The lowest BCUT2D eigenvalue weighted by atomic mass is 10.1. The molecule has 0 bridgehead atoms. The van der Waals surface area contributed by atoms with Gasteiger partial charge in [0.1, 0.15) is 5.82 Å².